The Bertz CT molecular complexity index is 592. The van der Waals surface area contributed by atoms with Crippen LogP contribution in [0.2, 0.25) is 0 Å². The minimum atomic E-state index is -0.0170. The number of hydrogen-bond acceptors (Lipinski definition) is 8. The third kappa shape index (κ3) is 4.45. The number of nitrogens with one attached hydrogen (secondary N) is 2. The average Bonchev–Trinajstić information content (AvgIpc) is 2.54. The molecule has 0 bridgehead atoms. The second-order valence-electron chi connectivity index (χ2n) is 4.20. The van der Waals surface area contributed by atoms with Crippen molar-refractivity contribution in [2.75, 3.05) is 37.5 Å². The van der Waals surface area contributed by atoms with Crippen molar-refractivity contribution in [3.8, 4) is 11.8 Å². The molecule has 22 heavy (non-hydrogen) atoms. The van der Waals surface area contributed by atoms with E-state index >= 15 is 0 Å². The molecule has 0 radical (unpaired) electrons. The molecule has 0 saturated heterocycles. The molecule has 0 spiro atoms. The molecule has 0 fully saturated rings. The lowest BCUT2D eigenvalue weighted by Crippen LogP contribution is -2.12. The molecule has 0 unspecified atom stereocenters. The van der Waals surface area contributed by atoms with E-state index in [1.165, 1.54) is 0 Å². The van der Waals surface area contributed by atoms with Gasteiger partial charge in [-0.15, -0.1) is 0 Å². The number of rotatable bonds is 8. The van der Waals surface area contributed by atoms with Gasteiger partial charge in [0.2, 0.25) is 11.9 Å². The van der Waals surface area contributed by atoms with Crippen molar-refractivity contribution >= 4 is 17.6 Å². The average molecular weight is 305 g/mol. The molecule has 118 valence electrons. The smallest absolute Gasteiger partial charge is 0.323 e. The van der Waals surface area contributed by atoms with Crippen LogP contribution in [0.4, 0.5) is 17.6 Å². The van der Waals surface area contributed by atoms with Crippen LogP contribution in [-0.4, -0.2) is 46.9 Å². The van der Waals surface area contributed by atoms with E-state index in [2.05, 4.69) is 25.6 Å². The summed E-state index contributed by atoms with van der Waals surface area (Å²) in [5.74, 6) is 1.45. The van der Waals surface area contributed by atoms with Gasteiger partial charge in [-0.25, -0.2) is 0 Å². The van der Waals surface area contributed by atoms with E-state index in [4.69, 9.17) is 14.6 Å². The highest BCUT2D eigenvalue weighted by Crippen LogP contribution is 2.19. The second-order valence-corrected chi connectivity index (χ2v) is 4.20. The first-order chi connectivity index (χ1) is 10.7. The van der Waals surface area contributed by atoms with E-state index < -0.39 is 0 Å². The molecule has 8 heteroatoms. The standard InChI is InChI=1S/C14H19N5O3/c1-3-22-14-18-12(15-8-9-20)17-13(19-14)16-10-4-6-11(21-2)7-5-10/h4-7,20H,3,8-9H2,1-2H3,(H2,15,16,17,18,19). The zero-order valence-corrected chi connectivity index (χ0v) is 12.5. The zero-order valence-electron chi connectivity index (χ0n) is 12.5. The van der Waals surface area contributed by atoms with Gasteiger partial charge in [-0.3, -0.25) is 0 Å². The fraction of sp³-hybridized carbons (Fsp3) is 0.357. The van der Waals surface area contributed by atoms with Crippen LogP contribution in [0.25, 0.3) is 0 Å². The summed E-state index contributed by atoms with van der Waals surface area (Å²) in [7, 11) is 1.61. The number of ether oxygens (including phenoxy) is 2. The highest BCUT2D eigenvalue weighted by Gasteiger charge is 2.07. The summed E-state index contributed by atoms with van der Waals surface area (Å²) in [6.07, 6.45) is 0. The van der Waals surface area contributed by atoms with Crippen LogP contribution in [-0.2, 0) is 0 Å². The van der Waals surface area contributed by atoms with Crippen molar-refractivity contribution < 1.29 is 14.6 Å². The SMILES string of the molecule is CCOc1nc(NCCO)nc(Nc2ccc(OC)cc2)n1. The maximum Gasteiger partial charge on any atom is 0.323 e. The number of methoxy groups -OCH3 is 1. The molecule has 0 atom stereocenters. The Morgan fingerprint density at radius 3 is 2.45 bits per heavy atom. The van der Waals surface area contributed by atoms with Crippen LogP contribution in [0, 0.1) is 0 Å². The lowest BCUT2D eigenvalue weighted by atomic mass is 10.3. The van der Waals surface area contributed by atoms with Crippen LogP contribution in [0.5, 0.6) is 11.8 Å². The summed E-state index contributed by atoms with van der Waals surface area (Å²) in [5, 5.41) is 14.8. The molecule has 0 aliphatic rings. The normalized spacial score (nSPS) is 10.1. The third-order valence-corrected chi connectivity index (χ3v) is 2.63. The van der Waals surface area contributed by atoms with Gasteiger partial charge >= 0.3 is 6.01 Å². The number of hydrogen-bond donors (Lipinski definition) is 3. The van der Waals surface area contributed by atoms with Crippen LogP contribution in [0.15, 0.2) is 24.3 Å². The molecule has 2 rings (SSSR count). The number of nitrogens with zero attached hydrogens (tertiary/aromatic N) is 3. The van der Waals surface area contributed by atoms with Gasteiger partial charge in [-0.05, 0) is 31.2 Å². The fourth-order valence-electron chi connectivity index (χ4n) is 1.66. The summed E-state index contributed by atoms with van der Waals surface area (Å²) >= 11 is 0. The summed E-state index contributed by atoms with van der Waals surface area (Å²) in [6, 6.07) is 7.58. The molecule has 1 aromatic heterocycles. The van der Waals surface area contributed by atoms with Crippen LogP contribution >= 0.6 is 0 Å². The number of aromatic nitrogens is 3. The van der Waals surface area contributed by atoms with Crippen LogP contribution < -0.4 is 20.1 Å². The van der Waals surface area contributed by atoms with Crippen LogP contribution in [0.3, 0.4) is 0 Å². The van der Waals surface area contributed by atoms with Crippen molar-refractivity contribution in [1.29, 1.82) is 0 Å². The Hall–Kier alpha value is -2.61. The minimum absolute atomic E-state index is 0.0170. The Morgan fingerprint density at radius 2 is 1.82 bits per heavy atom. The summed E-state index contributed by atoms with van der Waals surface area (Å²) in [5.41, 5.74) is 0.808. The van der Waals surface area contributed by atoms with Gasteiger partial charge in [0.1, 0.15) is 5.75 Å². The molecular formula is C14H19N5O3. The van der Waals surface area contributed by atoms with E-state index in [9.17, 15) is 0 Å². The zero-order chi connectivity index (χ0) is 15.8. The largest absolute Gasteiger partial charge is 0.497 e. The topological polar surface area (TPSA) is 101 Å². The van der Waals surface area contributed by atoms with E-state index in [0.717, 1.165) is 11.4 Å². The monoisotopic (exact) mass is 305 g/mol. The van der Waals surface area contributed by atoms with E-state index in [-0.39, 0.29) is 12.6 Å². The van der Waals surface area contributed by atoms with Crippen molar-refractivity contribution in [3.63, 3.8) is 0 Å². The Morgan fingerprint density at radius 1 is 1.09 bits per heavy atom. The van der Waals surface area contributed by atoms with E-state index in [0.29, 0.717) is 25.0 Å². The molecule has 3 N–H and O–H groups in total. The van der Waals surface area contributed by atoms with Crippen LogP contribution in [0.1, 0.15) is 6.92 Å². The molecule has 8 nitrogen and oxygen atoms in total. The molecule has 0 aliphatic carbocycles. The molecule has 1 aromatic carbocycles. The van der Waals surface area contributed by atoms with E-state index in [1.54, 1.807) is 7.11 Å². The molecule has 0 saturated carbocycles. The van der Waals surface area contributed by atoms with Gasteiger partial charge in [0.15, 0.2) is 0 Å². The maximum absolute atomic E-state index is 8.86. The molecular weight excluding hydrogens is 286 g/mol. The summed E-state index contributed by atoms with van der Waals surface area (Å²) < 4.78 is 10.4. The lowest BCUT2D eigenvalue weighted by Gasteiger charge is -2.10. The Labute approximate surface area is 128 Å². The van der Waals surface area contributed by atoms with Gasteiger partial charge in [-0.1, -0.05) is 0 Å². The Kier molecular flexibility index (Phi) is 5.73. The molecule has 2 aromatic rings. The van der Waals surface area contributed by atoms with Gasteiger partial charge in [0.25, 0.3) is 0 Å². The maximum atomic E-state index is 8.86. The number of aliphatic hydroxyl groups excluding tert-OH is 1. The predicted molar refractivity (Wildman–Crippen MR) is 82.8 cm³/mol. The Balaban J connectivity index is 2.17. The highest BCUT2D eigenvalue weighted by atomic mass is 16.5. The predicted octanol–water partition coefficient (Wildman–Crippen LogP) is 1.43. The molecule has 0 amide bonds. The van der Waals surface area contributed by atoms with Crippen molar-refractivity contribution in [1.82, 2.24) is 15.0 Å². The van der Waals surface area contributed by atoms with Gasteiger partial charge in [0, 0.05) is 12.2 Å². The molecule has 0 aliphatic heterocycles. The number of aliphatic hydroxyl groups is 1. The van der Waals surface area contributed by atoms with Gasteiger partial charge < -0.3 is 25.2 Å². The highest BCUT2D eigenvalue weighted by molar-refractivity contribution is 5.55. The minimum Gasteiger partial charge on any atom is -0.497 e. The first-order valence-electron chi connectivity index (χ1n) is 6.90. The first kappa shape index (κ1) is 15.8. The fourth-order valence-corrected chi connectivity index (χ4v) is 1.66. The number of benzene rings is 1. The first-order valence-corrected chi connectivity index (χ1v) is 6.90. The summed E-state index contributed by atoms with van der Waals surface area (Å²) in [6.45, 7) is 2.63. The van der Waals surface area contributed by atoms with Crippen molar-refractivity contribution in [2.45, 2.75) is 6.92 Å². The van der Waals surface area contributed by atoms with Gasteiger partial charge in [-0.2, -0.15) is 15.0 Å². The number of anilines is 3. The quantitative estimate of drug-likeness (QED) is 0.673. The second kappa shape index (κ2) is 7.99. The van der Waals surface area contributed by atoms with E-state index in [1.807, 2.05) is 31.2 Å². The third-order valence-electron chi connectivity index (χ3n) is 2.63. The van der Waals surface area contributed by atoms with Crippen molar-refractivity contribution in [2.24, 2.45) is 0 Å². The lowest BCUT2D eigenvalue weighted by molar-refractivity contribution is 0.307. The molecule has 1 heterocycles. The summed E-state index contributed by atoms with van der Waals surface area (Å²) in [4.78, 5) is 12.5. The van der Waals surface area contributed by atoms with Gasteiger partial charge in [0.05, 0.1) is 20.3 Å². The van der Waals surface area contributed by atoms with Crippen molar-refractivity contribution in [3.05, 3.63) is 24.3 Å².